The molecule has 0 bridgehead atoms. The Bertz CT molecular complexity index is 584. The molecule has 0 aromatic heterocycles. The molecule has 1 rings (SSSR count). The van der Waals surface area contributed by atoms with E-state index < -0.39 is 37.8 Å². The van der Waals surface area contributed by atoms with Gasteiger partial charge in [-0.25, -0.2) is 13.6 Å². The van der Waals surface area contributed by atoms with Crippen LogP contribution in [0.5, 0.6) is 5.75 Å². The molecule has 1 aromatic rings. The molecule has 0 atom stereocenters. The fourth-order valence-corrected chi connectivity index (χ4v) is 1.74. The van der Waals surface area contributed by atoms with Crippen LogP contribution in [0.1, 0.15) is 10.4 Å². The number of benzene rings is 1. The van der Waals surface area contributed by atoms with Gasteiger partial charge in [-0.05, 0) is 29.8 Å². The summed E-state index contributed by atoms with van der Waals surface area (Å²) < 4.78 is 61.4. The fourth-order valence-electron chi connectivity index (χ4n) is 1.05. The van der Waals surface area contributed by atoms with Crippen LogP contribution in [0.4, 0.5) is 13.2 Å². The van der Waals surface area contributed by atoms with Gasteiger partial charge in [0.05, 0.1) is 10.5 Å². The summed E-state index contributed by atoms with van der Waals surface area (Å²) in [7, 11) is -4.17. The highest BCUT2D eigenvalue weighted by Crippen LogP contribution is 2.29. The number of primary sulfonamides is 1. The quantitative estimate of drug-likeness (QED) is 0.860. The molecule has 5 nitrogen and oxygen atoms in total. The summed E-state index contributed by atoms with van der Waals surface area (Å²) in [5.74, 6) is -0.908. The summed E-state index contributed by atoms with van der Waals surface area (Å²) in [5, 5.41) is 3.45. The monoisotopic (exact) mass is 303 g/mol. The Morgan fingerprint density at radius 2 is 1.89 bits per heavy atom. The lowest BCUT2D eigenvalue weighted by Gasteiger charge is -2.11. The van der Waals surface area contributed by atoms with Gasteiger partial charge in [0, 0.05) is 0 Å². The standard InChI is InChI=1S/C8H5ClF3NO4S/c9-7(14)5-3-4(18(13,15)16)1-2-6(5)17-8(10,11)12/h1-3H,(H2,13,15,16). The van der Waals surface area contributed by atoms with Crippen molar-refractivity contribution >= 4 is 26.9 Å². The minimum Gasteiger partial charge on any atom is -0.405 e. The van der Waals surface area contributed by atoms with Crippen molar-refractivity contribution in [1.29, 1.82) is 0 Å². The third-order valence-corrected chi connectivity index (χ3v) is 2.83. The maximum Gasteiger partial charge on any atom is 0.573 e. The molecule has 0 saturated carbocycles. The molecule has 0 aliphatic carbocycles. The number of sulfonamides is 1. The highest BCUT2D eigenvalue weighted by Gasteiger charge is 2.33. The van der Waals surface area contributed by atoms with Gasteiger partial charge >= 0.3 is 6.36 Å². The van der Waals surface area contributed by atoms with Gasteiger partial charge in [-0.1, -0.05) is 0 Å². The molecule has 0 amide bonds. The van der Waals surface area contributed by atoms with E-state index in [1.165, 1.54) is 0 Å². The largest absolute Gasteiger partial charge is 0.573 e. The van der Waals surface area contributed by atoms with Crippen molar-refractivity contribution in [3.63, 3.8) is 0 Å². The minimum atomic E-state index is -5.04. The Labute approximate surface area is 104 Å². The molecular weight excluding hydrogens is 299 g/mol. The van der Waals surface area contributed by atoms with Crippen LogP contribution in [0.2, 0.25) is 0 Å². The van der Waals surface area contributed by atoms with Crippen molar-refractivity contribution < 1.29 is 31.1 Å². The second-order valence-electron chi connectivity index (χ2n) is 3.02. The van der Waals surface area contributed by atoms with E-state index in [4.69, 9.17) is 16.7 Å². The van der Waals surface area contributed by atoms with E-state index in [1.54, 1.807) is 0 Å². The molecule has 0 spiro atoms. The van der Waals surface area contributed by atoms with Gasteiger partial charge < -0.3 is 4.74 Å². The predicted octanol–water partition coefficient (Wildman–Crippen LogP) is 1.61. The molecule has 0 heterocycles. The molecule has 0 saturated heterocycles. The highest BCUT2D eigenvalue weighted by molar-refractivity contribution is 7.89. The number of rotatable bonds is 3. The van der Waals surface area contributed by atoms with E-state index in [-0.39, 0.29) is 0 Å². The average Bonchev–Trinajstić information content (AvgIpc) is 2.13. The SMILES string of the molecule is NS(=O)(=O)c1ccc(OC(F)(F)F)c(C(=O)Cl)c1. The van der Waals surface area contributed by atoms with Crippen LogP contribution in [-0.2, 0) is 10.0 Å². The van der Waals surface area contributed by atoms with Crippen LogP contribution in [0.15, 0.2) is 23.1 Å². The van der Waals surface area contributed by atoms with E-state index >= 15 is 0 Å². The number of hydrogen-bond acceptors (Lipinski definition) is 4. The number of carbonyl (C=O) groups excluding carboxylic acids is 1. The van der Waals surface area contributed by atoms with E-state index in [0.717, 1.165) is 6.07 Å². The van der Waals surface area contributed by atoms with Crippen LogP contribution in [0.25, 0.3) is 0 Å². The Morgan fingerprint density at radius 3 is 2.28 bits per heavy atom. The van der Waals surface area contributed by atoms with Gasteiger partial charge in [-0.2, -0.15) is 0 Å². The first-order valence-corrected chi connectivity index (χ1v) is 6.05. The molecule has 10 heteroatoms. The summed E-state index contributed by atoms with van der Waals surface area (Å²) in [5.41, 5.74) is -0.750. The first-order valence-electron chi connectivity index (χ1n) is 4.13. The summed E-state index contributed by atoms with van der Waals surface area (Å²) in [4.78, 5) is 10.4. The first kappa shape index (κ1) is 14.7. The molecule has 2 N–H and O–H groups in total. The van der Waals surface area contributed by atoms with Crippen LogP contribution in [-0.4, -0.2) is 20.0 Å². The Kier molecular flexibility index (Phi) is 3.89. The van der Waals surface area contributed by atoms with Gasteiger partial charge in [0.2, 0.25) is 10.0 Å². The smallest absolute Gasteiger partial charge is 0.405 e. The second-order valence-corrected chi connectivity index (χ2v) is 4.93. The van der Waals surface area contributed by atoms with Crippen molar-refractivity contribution in [2.75, 3.05) is 0 Å². The normalized spacial score (nSPS) is 12.3. The van der Waals surface area contributed by atoms with E-state index in [2.05, 4.69) is 4.74 Å². The number of carbonyl (C=O) groups is 1. The topological polar surface area (TPSA) is 86.5 Å². The Hall–Kier alpha value is -1.32. The third-order valence-electron chi connectivity index (χ3n) is 1.72. The zero-order valence-corrected chi connectivity index (χ0v) is 9.93. The van der Waals surface area contributed by atoms with Gasteiger partial charge in [-0.3, -0.25) is 4.79 Å². The molecule has 0 radical (unpaired) electrons. The number of alkyl halides is 3. The zero-order valence-electron chi connectivity index (χ0n) is 8.36. The minimum absolute atomic E-state index is 0.555. The summed E-state index contributed by atoms with van der Waals surface area (Å²) >= 11 is 5.04. The maximum absolute atomic E-state index is 12.0. The molecule has 0 aliphatic rings. The van der Waals surface area contributed by atoms with E-state index in [9.17, 15) is 26.4 Å². The first-order chi connectivity index (χ1) is 8.00. The van der Waals surface area contributed by atoms with Crippen molar-refractivity contribution in [2.24, 2.45) is 5.14 Å². The molecule has 100 valence electrons. The Balaban J connectivity index is 3.35. The summed E-state index contributed by atoms with van der Waals surface area (Å²) in [6.45, 7) is 0. The van der Waals surface area contributed by atoms with E-state index in [0.29, 0.717) is 12.1 Å². The van der Waals surface area contributed by atoms with Crippen molar-refractivity contribution in [2.45, 2.75) is 11.3 Å². The molecule has 1 aromatic carbocycles. The molecule has 0 aliphatic heterocycles. The van der Waals surface area contributed by atoms with Crippen LogP contribution < -0.4 is 9.88 Å². The van der Waals surface area contributed by atoms with Crippen molar-refractivity contribution in [1.82, 2.24) is 0 Å². The molecule has 18 heavy (non-hydrogen) atoms. The average molecular weight is 304 g/mol. The van der Waals surface area contributed by atoms with E-state index in [1.807, 2.05) is 0 Å². The summed E-state index contributed by atoms with van der Waals surface area (Å²) in [6.07, 6.45) is -5.04. The van der Waals surface area contributed by atoms with Crippen molar-refractivity contribution in [3.05, 3.63) is 23.8 Å². The number of nitrogens with two attached hydrogens (primary N) is 1. The number of halogens is 4. The van der Waals surface area contributed by atoms with Crippen LogP contribution in [0, 0.1) is 0 Å². The lowest BCUT2D eigenvalue weighted by molar-refractivity contribution is -0.274. The third kappa shape index (κ3) is 3.86. The maximum atomic E-state index is 12.0. The Morgan fingerprint density at radius 1 is 1.33 bits per heavy atom. The van der Waals surface area contributed by atoms with Gasteiger partial charge in [0.1, 0.15) is 5.75 Å². The number of hydrogen-bond donors (Lipinski definition) is 1. The lowest BCUT2D eigenvalue weighted by Crippen LogP contribution is -2.19. The number of ether oxygens (including phenoxy) is 1. The molecule has 0 fully saturated rings. The van der Waals surface area contributed by atoms with Gasteiger partial charge in [-0.15, -0.1) is 13.2 Å². The zero-order chi connectivity index (χ0) is 14.1. The lowest BCUT2D eigenvalue weighted by atomic mass is 10.2. The summed E-state index contributed by atoms with van der Waals surface area (Å²) in [6, 6.07) is 2.01. The molecule has 0 unspecified atom stereocenters. The molecular formula is C8H5ClF3NO4S. The van der Waals surface area contributed by atoms with Crippen LogP contribution >= 0.6 is 11.6 Å². The van der Waals surface area contributed by atoms with Gasteiger partial charge in [0.25, 0.3) is 5.24 Å². The van der Waals surface area contributed by atoms with Crippen LogP contribution in [0.3, 0.4) is 0 Å². The van der Waals surface area contributed by atoms with Gasteiger partial charge in [0.15, 0.2) is 0 Å². The van der Waals surface area contributed by atoms with Crippen molar-refractivity contribution in [3.8, 4) is 5.75 Å². The second kappa shape index (κ2) is 4.75. The predicted molar refractivity (Wildman–Crippen MR) is 54.7 cm³/mol. The fraction of sp³-hybridized carbons (Fsp3) is 0.125. The highest BCUT2D eigenvalue weighted by atomic mass is 35.5.